The lowest BCUT2D eigenvalue weighted by molar-refractivity contribution is 0.229. The molecule has 1 saturated carbocycles. The lowest BCUT2D eigenvalue weighted by Crippen LogP contribution is -2.44. The van der Waals surface area contributed by atoms with Gasteiger partial charge in [0.1, 0.15) is 4.88 Å². The Bertz CT molecular complexity index is 536. The number of nitrogens with zero attached hydrogens (tertiary/aromatic N) is 4. The fraction of sp³-hybridized carbons (Fsp3) is 0.600. The van der Waals surface area contributed by atoms with Crippen LogP contribution in [0.4, 0.5) is 0 Å². The summed E-state index contributed by atoms with van der Waals surface area (Å²) in [5.41, 5.74) is 6.66. The second-order valence-electron chi connectivity index (χ2n) is 4.34. The van der Waals surface area contributed by atoms with Gasteiger partial charge in [0.2, 0.25) is 0 Å². The van der Waals surface area contributed by atoms with Gasteiger partial charge in [-0.1, -0.05) is 16.6 Å². The predicted octanol–water partition coefficient (Wildman–Crippen LogP) is 1.91. The highest BCUT2D eigenvalue weighted by molar-refractivity contribution is 7.09. The second-order valence-corrected chi connectivity index (χ2v) is 5.09. The number of hydrogen-bond acceptors (Lipinski definition) is 7. The molecule has 0 bridgehead atoms. The van der Waals surface area contributed by atoms with Gasteiger partial charge in [-0.05, 0) is 37.2 Å². The molecular formula is C10H14ClN5OS. The van der Waals surface area contributed by atoms with Gasteiger partial charge in [-0.25, -0.2) is 0 Å². The molecule has 0 aliphatic heterocycles. The molecule has 98 valence electrons. The molecule has 1 fully saturated rings. The van der Waals surface area contributed by atoms with Gasteiger partial charge in [0, 0.05) is 0 Å². The Balaban J connectivity index is 0.00000120. The van der Waals surface area contributed by atoms with Crippen molar-refractivity contribution in [2.45, 2.75) is 38.1 Å². The van der Waals surface area contributed by atoms with Crippen LogP contribution in [0.1, 0.15) is 37.7 Å². The summed E-state index contributed by atoms with van der Waals surface area (Å²) in [6, 6.07) is 0. The lowest BCUT2D eigenvalue weighted by atomic mass is 9.77. The fourth-order valence-electron chi connectivity index (χ4n) is 1.90. The first-order valence-electron chi connectivity index (χ1n) is 5.67. The van der Waals surface area contributed by atoms with Crippen molar-refractivity contribution in [2.75, 3.05) is 0 Å². The quantitative estimate of drug-likeness (QED) is 0.927. The monoisotopic (exact) mass is 287 g/mol. The Hall–Kier alpha value is -1.05. The molecule has 0 amide bonds. The van der Waals surface area contributed by atoms with Crippen molar-refractivity contribution in [3.8, 4) is 10.8 Å². The minimum absolute atomic E-state index is 0. The number of halogens is 1. The summed E-state index contributed by atoms with van der Waals surface area (Å²) < 4.78 is 9.17. The molecule has 0 atom stereocenters. The maximum Gasteiger partial charge on any atom is 0.271 e. The van der Waals surface area contributed by atoms with Gasteiger partial charge in [0.05, 0.1) is 11.2 Å². The van der Waals surface area contributed by atoms with Gasteiger partial charge in [0.25, 0.3) is 5.89 Å². The minimum Gasteiger partial charge on any atom is -0.333 e. The van der Waals surface area contributed by atoms with Crippen LogP contribution in [0.3, 0.4) is 0 Å². The molecule has 1 aliphatic carbocycles. The van der Waals surface area contributed by atoms with Crippen LogP contribution in [0, 0.1) is 0 Å². The smallest absolute Gasteiger partial charge is 0.271 e. The highest BCUT2D eigenvalue weighted by atomic mass is 35.5. The Morgan fingerprint density at radius 3 is 2.83 bits per heavy atom. The van der Waals surface area contributed by atoms with E-state index in [1.165, 1.54) is 11.5 Å². The van der Waals surface area contributed by atoms with Gasteiger partial charge in [-0.2, -0.15) is 4.98 Å². The first-order valence-corrected chi connectivity index (χ1v) is 6.45. The summed E-state index contributed by atoms with van der Waals surface area (Å²) in [5.74, 6) is 1.10. The Morgan fingerprint density at radius 2 is 2.22 bits per heavy atom. The standard InChI is InChI=1S/C10H13N5OS.ClH/c1-2-6-7(17-15-13-6)8-12-9(14-16-8)10(11)4-3-5-10;/h2-5,11H2,1H3;1H. The van der Waals surface area contributed by atoms with E-state index in [0.29, 0.717) is 11.7 Å². The molecule has 2 heterocycles. The van der Waals surface area contributed by atoms with Crippen LogP contribution < -0.4 is 5.73 Å². The van der Waals surface area contributed by atoms with E-state index in [2.05, 4.69) is 19.7 Å². The number of hydrogen-bond donors (Lipinski definition) is 1. The third-order valence-corrected chi connectivity index (χ3v) is 3.96. The van der Waals surface area contributed by atoms with Crippen molar-refractivity contribution in [1.82, 2.24) is 19.7 Å². The fourth-order valence-corrected chi connectivity index (χ4v) is 2.57. The summed E-state index contributed by atoms with van der Waals surface area (Å²) in [4.78, 5) is 5.24. The van der Waals surface area contributed by atoms with Crippen LogP contribution in [0.15, 0.2) is 4.52 Å². The molecule has 0 saturated heterocycles. The average Bonchev–Trinajstić information content (AvgIpc) is 2.93. The lowest BCUT2D eigenvalue weighted by Gasteiger charge is -2.34. The van der Waals surface area contributed by atoms with Gasteiger partial charge in [0.15, 0.2) is 5.82 Å². The summed E-state index contributed by atoms with van der Waals surface area (Å²) in [6.45, 7) is 2.02. The van der Waals surface area contributed by atoms with Gasteiger partial charge in [-0.3, -0.25) is 0 Å². The normalized spacial score (nSPS) is 17.0. The van der Waals surface area contributed by atoms with Gasteiger partial charge >= 0.3 is 0 Å². The summed E-state index contributed by atoms with van der Waals surface area (Å²) in [7, 11) is 0. The van der Waals surface area contributed by atoms with E-state index in [4.69, 9.17) is 10.3 Å². The molecule has 2 aromatic rings. The Morgan fingerprint density at radius 1 is 1.44 bits per heavy atom. The SMILES string of the molecule is CCc1nnsc1-c1nc(C2(N)CCC2)no1.Cl. The molecule has 0 unspecified atom stereocenters. The van der Waals surface area contributed by atoms with Gasteiger partial charge in [-0.15, -0.1) is 17.5 Å². The molecule has 18 heavy (non-hydrogen) atoms. The third-order valence-electron chi connectivity index (χ3n) is 3.20. The van der Waals surface area contributed by atoms with Crippen LogP contribution in [0.25, 0.3) is 10.8 Å². The number of aryl methyl sites for hydroxylation is 1. The summed E-state index contributed by atoms with van der Waals surface area (Å²) >= 11 is 1.28. The first-order chi connectivity index (χ1) is 8.23. The topological polar surface area (TPSA) is 90.7 Å². The zero-order chi connectivity index (χ0) is 11.9. The number of aromatic nitrogens is 4. The van der Waals surface area contributed by atoms with Crippen LogP contribution >= 0.6 is 23.9 Å². The van der Waals surface area contributed by atoms with Crippen molar-refractivity contribution in [3.05, 3.63) is 11.5 Å². The third kappa shape index (κ3) is 2.02. The molecule has 0 aromatic carbocycles. The molecule has 1 aliphatic rings. The molecule has 8 heteroatoms. The molecule has 3 rings (SSSR count). The van der Waals surface area contributed by atoms with E-state index in [9.17, 15) is 0 Å². The maximum atomic E-state index is 6.15. The largest absolute Gasteiger partial charge is 0.333 e. The van der Waals surface area contributed by atoms with Crippen LogP contribution in [0.2, 0.25) is 0 Å². The van der Waals surface area contributed by atoms with Crippen LogP contribution in [-0.2, 0) is 12.0 Å². The van der Waals surface area contributed by atoms with E-state index >= 15 is 0 Å². The molecular weight excluding hydrogens is 274 g/mol. The van der Waals surface area contributed by atoms with Crippen molar-refractivity contribution in [2.24, 2.45) is 5.73 Å². The highest BCUT2D eigenvalue weighted by Crippen LogP contribution is 2.38. The van der Waals surface area contributed by atoms with E-state index in [0.717, 1.165) is 36.3 Å². The summed E-state index contributed by atoms with van der Waals surface area (Å²) in [5, 5.41) is 8.01. The molecule has 0 radical (unpaired) electrons. The second kappa shape index (κ2) is 4.91. The molecule has 0 spiro atoms. The highest BCUT2D eigenvalue weighted by Gasteiger charge is 2.39. The van der Waals surface area contributed by atoms with Crippen molar-refractivity contribution in [3.63, 3.8) is 0 Å². The van der Waals surface area contributed by atoms with Crippen LogP contribution in [0.5, 0.6) is 0 Å². The average molecular weight is 288 g/mol. The van der Waals surface area contributed by atoms with E-state index in [-0.39, 0.29) is 17.9 Å². The van der Waals surface area contributed by atoms with E-state index in [1.54, 1.807) is 0 Å². The predicted molar refractivity (Wildman–Crippen MR) is 69.5 cm³/mol. The van der Waals surface area contributed by atoms with Crippen molar-refractivity contribution >= 4 is 23.9 Å². The first kappa shape index (κ1) is 13.4. The molecule has 2 aromatic heterocycles. The molecule has 2 N–H and O–H groups in total. The minimum atomic E-state index is -0.383. The van der Waals surface area contributed by atoms with E-state index in [1.807, 2.05) is 6.92 Å². The maximum absolute atomic E-state index is 6.15. The van der Waals surface area contributed by atoms with Crippen LogP contribution in [-0.4, -0.2) is 19.7 Å². The van der Waals surface area contributed by atoms with Crippen molar-refractivity contribution < 1.29 is 4.52 Å². The van der Waals surface area contributed by atoms with E-state index < -0.39 is 0 Å². The number of nitrogens with two attached hydrogens (primary N) is 1. The Kier molecular flexibility index (Phi) is 3.65. The zero-order valence-electron chi connectivity index (χ0n) is 9.92. The van der Waals surface area contributed by atoms with Crippen molar-refractivity contribution in [1.29, 1.82) is 0 Å². The zero-order valence-corrected chi connectivity index (χ0v) is 11.6. The Labute approximate surface area is 115 Å². The molecule has 6 nitrogen and oxygen atoms in total. The number of rotatable bonds is 3. The van der Waals surface area contributed by atoms with Gasteiger partial charge < -0.3 is 10.3 Å². The summed E-state index contributed by atoms with van der Waals surface area (Å²) in [6.07, 6.45) is 3.78.